The molecule has 1 aromatic carbocycles. The summed E-state index contributed by atoms with van der Waals surface area (Å²) in [6.45, 7) is 1.80. The molecule has 0 aromatic heterocycles. The molecule has 0 bridgehead atoms. The van der Waals surface area contributed by atoms with Gasteiger partial charge in [-0.15, -0.1) is 24.0 Å². The summed E-state index contributed by atoms with van der Waals surface area (Å²) in [7, 11) is 0. The molecule has 1 heterocycles. The molecule has 1 unspecified atom stereocenters. The fourth-order valence-corrected chi connectivity index (χ4v) is 2.97. The molecule has 4 heteroatoms. The zero-order valence-corrected chi connectivity index (χ0v) is 13.5. The van der Waals surface area contributed by atoms with Gasteiger partial charge in [-0.05, 0) is 24.3 Å². The number of nitrogens with one attached hydrogen (secondary N) is 2. The Morgan fingerprint density at radius 1 is 1.16 bits per heavy atom. The first kappa shape index (κ1) is 14.6. The quantitative estimate of drug-likeness (QED) is 0.802. The van der Waals surface area contributed by atoms with Gasteiger partial charge in [-0.3, -0.25) is 4.99 Å². The van der Waals surface area contributed by atoms with Crippen LogP contribution in [0.2, 0.25) is 0 Å². The van der Waals surface area contributed by atoms with Crippen LogP contribution >= 0.6 is 24.0 Å². The van der Waals surface area contributed by atoms with Crippen LogP contribution < -0.4 is 10.6 Å². The first-order valence-electron chi connectivity index (χ1n) is 7.00. The number of hydrogen-bond donors (Lipinski definition) is 2. The molecule has 3 nitrogen and oxygen atoms in total. The van der Waals surface area contributed by atoms with Crippen molar-refractivity contribution in [1.29, 1.82) is 0 Å². The minimum absolute atomic E-state index is 0. The van der Waals surface area contributed by atoms with Gasteiger partial charge in [0.2, 0.25) is 0 Å². The van der Waals surface area contributed by atoms with Crippen molar-refractivity contribution >= 4 is 29.9 Å². The Hall–Kier alpha value is -0.780. The van der Waals surface area contributed by atoms with Gasteiger partial charge in [0.25, 0.3) is 0 Å². The molecule has 0 radical (unpaired) electrons. The molecular formula is C15H22IN3. The normalized spacial score (nSPS) is 22.5. The Balaban J connectivity index is 0.00000133. The first-order valence-corrected chi connectivity index (χ1v) is 7.00. The number of benzene rings is 1. The summed E-state index contributed by atoms with van der Waals surface area (Å²) in [4.78, 5) is 4.57. The molecule has 1 aliphatic heterocycles. The summed E-state index contributed by atoms with van der Waals surface area (Å²) in [6.07, 6.45) is 5.55. The average Bonchev–Trinajstić information content (AvgIpc) is 3.08. The smallest absolute Gasteiger partial charge is 0.191 e. The van der Waals surface area contributed by atoms with Crippen LogP contribution in [-0.2, 0) is 6.54 Å². The second-order valence-corrected chi connectivity index (χ2v) is 5.32. The Labute approximate surface area is 132 Å². The van der Waals surface area contributed by atoms with Gasteiger partial charge >= 0.3 is 0 Å². The summed E-state index contributed by atoms with van der Waals surface area (Å²) in [6, 6.07) is 11.0. The van der Waals surface area contributed by atoms with E-state index in [1.165, 1.54) is 31.2 Å². The minimum Gasteiger partial charge on any atom is -0.352 e. The van der Waals surface area contributed by atoms with Crippen LogP contribution in [0, 0.1) is 5.92 Å². The van der Waals surface area contributed by atoms with E-state index in [4.69, 9.17) is 0 Å². The highest BCUT2D eigenvalue weighted by Crippen LogP contribution is 2.28. The van der Waals surface area contributed by atoms with Crippen LogP contribution in [0.4, 0.5) is 0 Å². The SMILES string of the molecule is I.c1ccc(CNC2=NCC(C3CCCC3)N2)cc1. The summed E-state index contributed by atoms with van der Waals surface area (Å²) >= 11 is 0. The third-order valence-electron chi connectivity index (χ3n) is 4.04. The molecule has 19 heavy (non-hydrogen) atoms. The van der Waals surface area contributed by atoms with Crippen molar-refractivity contribution in [2.24, 2.45) is 10.9 Å². The third-order valence-corrected chi connectivity index (χ3v) is 4.04. The summed E-state index contributed by atoms with van der Waals surface area (Å²) < 4.78 is 0. The molecule has 2 aliphatic rings. The molecular weight excluding hydrogens is 349 g/mol. The highest BCUT2D eigenvalue weighted by atomic mass is 127. The second-order valence-electron chi connectivity index (χ2n) is 5.32. The standard InChI is InChI=1S/C15H21N3.HI/c1-2-6-12(7-3-1)10-16-15-17-11-14(18-15)13-8-4-5-9-13;/h1-3,6-7,13-14H,4-5,8-11H2,(H2,16,17,18);1H. The van der Waals surface area contributed by atoms with Crippen LogP contribution in [0.1, 0.15) is 31.2 Å². The van der Waals surface area contributed by atoms with E-state index in [2.05, 4.69) is 39.9 Å². The molecule has 1 aromatic rings. The fraction of sp³-hybridized carbons (Fsp3) is 0.533. The number of nitrogens with zero attached hydrogens (tertiary/aromatic N) is 1. The Kier molecular flexibility index (Phi) is 5.48. The largest absolute Gasteiger partial charge is 0.352 e. The minimum atomic E-state index is 0. The molecule has 3 rings (SSSR count). The van der Waals surface area contributed by atoms with Crippen LogP contribution in [0.5, 0.6) is 0 Å². The molecule has 1 aliphatic carbocycles. The summed E-state index contributed by atoms with van der Waals surface area (Å²) in [5, 5.41) is 6.93. The number of aliphatic imine (C=N–C) groups is 1. The van der Waals surface area contributed by atoms with Gasteiger partial charge in [0.05, 0.1) is 12.6 Å². The zero-order valence-electron chi connectivity index (χ0n) is 11.1. The predicted molar refractivity (Wildman–Crippen MR) is 89.9 cm³/mol. The summed E-state index contributed by atoms with van der Waals surface area (Å²) in [5.41, 5.74) is 1.30. The van der Waals surface area contributed by atoms with Gasteiger partial charge in [-0.2, -0.15) is 0 Å². The highest BCUT2D eigenvalue weighted by molar-refractivity contribution is 14.0. The zero-order chi connectivity index (χ0) is 12.2. The van der Waals surface area contributed by atoms with E-state index in [0.29, 0.717) is 6.04 Å². The van der Waals surface area contributed by atoms with E-state index in [9.17, 15) is 0 Å². The molecule has 104 valence electrons. The fourth-order valence-electron chi connectivity index (χ4n) is 2.97. The maximum atomic E-state index is 4.57. The van der Waals surface area contributed by atoms with Gasteiger partial charge in [-0.1, -0.05) is 43.2 Å². The Morgan fingerprint density at radius 2 is 1.89 bits per heavy atom. The lowest BCUT2D eigenvalue weighted by Gasteiger charge is -2.18. The van der Waals surface area contributed by atoms with Gasteiger partial charge in [0.1, 0.15) is 0 Å². The predicted octanol–water partition coefficient (Wildman–Crippen LogP) is 2.91. The molecule has 1 fully saturated rings. The first-order chi connectivity index (χ1) is 8.92. The van der Waals surface area contributed by atoms with E-state index < -0.39 is 0 Å². The molecule has 0 saturated heterocycles. The topological polar surface area (TPSA) is 36.4 Å². The van der Waals surface area contributed by atoms with Gasteiger partial charge in [-0.25, -0.2) is 0 Å². The lowest BCUT2D eigenvalue weighted by molar-refractivity contribution is 0.422. The van der Waals surface area contributed by atoms with E-state index in [1.54, 1.807) is 0 Å². The monoisotopic (exact) mass is 371 g/mol. The van der Waals surface area contributed by atoms with Crippen LogP contribution in [0.25, 0.3) is 0 Å². The number of guanidine groups is 1. The van der Waals surface area contributed by atoms with Gasteiger partial charge < -0.3 is 10.6 Å². The molecule has 0 spiro atoms. The number of halogens is 1. The van der Waals surface area contributed by atoms with Crippen LogP contribution in [-0.4, -0.2) is 18.5 Å². The van der Waals surface area contributed by atoms with E-state index >= 15 is 0 Å². The van der Waals surface area contributed by atoms with E-state index in [0.717, 1.165) is 25.0 Å². The van der Waals surface area contributed by atoms with Crippen molar-refractivity contribution in [2.75, 3.05) is 6.54 Å². The third kappa shape index (κ3) is 3.84. The van der Waals surface area contributed by atoms with Crippen molar-refractivity contribution in [3.63, 3.8) is 0 Å². The lowest BCUT2D eigenvalue weighted by Crippen LogP contribution is -2.41. The maximum absolute atomic E-state index is 4.57. The van der Waals surface area contributed by atoms with Crippen LogP contribution in [0.3, 0.4) is 0 Å². The van der Waals surface area contributed by atoms with E-state index in [1.807, 2.05) is 6.07 Å². The van der Waals surface area contributed by atoms with Crippen molar-refractivity contribution in [3.8, 4) is 0 Å². The van der Waals surface area contributed by atoms with Crippen molar-refractivity contribution in [1.82, 2.24) is 10.6 Å². The van der Waals surface area contributed by atoms with Gasteiger partial charge in [0.15, 0.2) is 5.96 Å². The van der Waals surface area contributed by atoms with E-state index in [-0.39, 0.29) is 24.0 Å². The molecule has 2 N–H and O–H groups in total. The highest BCUT2D eigenvalue weighted by Gasteiger charge is 2.28. The van der Waals surface area contributed by atoms with Crippen molar-refractivity contribution in [3.05, 3.63) is 35.9 Å². The average molecular weight is 371 g/mol. The van der Waals surface area contributed by atoms with Crippen molar-refractivity contribution in [2.45, 2.75) is 38.3 Å². The second kappa shape index (κ2) is 7.12. The van der Waals surface area contributed by atoms with Gasteiger partial charge in [0, 0.05) is 6.54 Å². The Morgan fingerprint density at radius 3 is 2.63 bits per heavy atom. The maximum Gasteiger partial charge on any atom is 0.191 e. The van der Waals surface area contributed by atoms with Crippen LogP contribution in [0.15, 0.2) is 35.3 Å². The molecule has 1 saturated carbocycles. The number of hydrogen-bond acceptors (Lipinski definition) is 3. The summed E-state index contributed by atoms with van der Waals surface area (Å²) in [5.74, 6) is 1.82. The molecule has 0 amide bonds. The lowest BCUT2D eigenvalue weighted by atomic mass is 9.99. The molecule has 1 atom stereocenters. The van der Waals surface area contributed by atoms with Crippen molar-refractivity contribution < 1.29 is 0 Å². The number of rotatable bonds is 3. The Bertz CT molecular complexity index is 413.